The highest BCUT2D eigenvalue weighted by molar-refractivity contribution is 5.13. The molecule has 0 aliphatic carbocycles. The van der Waals surface area contributed by atoms with E-state index in [0.717, 1.165) is 0 Å². The fourth-order valence-corrected chi connectivity index (χ4v) is 6.64. The van der Waals surface area contributed by atoms with Crippen molar-refractivity contribution >= 4 is 0 Å². The van der Waals surface area contributed by atoms with E-state index in [-0.39, 0.29) is 12.4 Å². The minimum absolute atomic E-state index is 0. The lowest BCUT2D eigenvalue weighted by atomic mass is 10.0. The van der Waals surface area contributed by atoms with Crippen molar-refractivity contribution < 1.29 is 16.9 Å². The maximum atomic E-state index is 2.40. The molecule has 0 atom stereocenters. The smallest absolute Gasteiger partial charge is 0.104 e. The van der Waals surface area contributed by atoms with Crippen LogP contribution < -0.4 is 12.4 Å². The molecule has 0 saturated carbocycles. The van der Waals surface area contributed by atoms with Gasteiger partial charge in [0, 0.05) is 5.56 Å². The van der Waals surface area contributed by atoms with Crippen LogP contribution in [-0.4, -0.2) is 24.1 Å². The summed E-state index contributed by atoms with van der Waals surface area (Å²) in [4.78, 5) is 0. The van der Waals surface area contributed by atoms with Crippen molar-refractivity contribution in [3.63, 3.8) is 0 Å². The summed E-state index contributed by atoms with van der Waals surface area (Å²) in [5.41, 5.74) is 1.56. The summed E-state index contributed by atoms with van der Waals surface area (Å²) in [6, 6.07) is 11.5. The number of quaternary nitrogens is 1. The van der Waals surface area contributed by atoms with Crippen LogP contribution in [0.2, 0.25) is 0 Å². The highest BCUT2D eigenvalue weighted by atomic mass is 35.5. The number of nitrogens with zero attached hydrogens (tertiary/aromatic N) is 1. The van der Waals surface area contributed by atoms with Crippen LogP contribution in [0.15, 0.2) is 30.3 Å². The van der Waals surface area contributed by atoms with E-state index < -0.39 is 0 Å². The molecular formula is C39H74ClN. The lowest BCUT2D eigenvalue weighted by molar-refractivity contribution is -0.941. The molecule has 1 nitrogen and oxygen atoms in total. The fourth-order valence-electron chi connectivity index (χ4n) is 6.64. The Morgan fingerprint density at radius 3 is 0.927 bits per heavy atom. The highest BCUT2D eigenvalue weighted by Crippen LogP contribution is 2.23. The van der Waals surface area contributed by atoms with Gasteiger partial charge < -0.3 is 16.9 Å². The maximum Gasteiger partial charge on any atom is 0.104 e. The minimum atomic E-state index is 0. The van der Waals surface area contributed by atoms with Crippen molar-refractivity contribution in [3.8, 4) is 0 Å². The van der Waals surface area contributed by atoms with E-state index >= 15 is 0 Å². The van der Waals surface area contributed by atoms with Crippen molar-refractivity contribution in [1.82, 2.24) is 0 Å². The Morgan fingerprint density at radius 2 is 0.634 bits per heavy atom. The van der Waals surface area contributed by atoms with Crippen LogP contribution in [0.1, 0.15) is 193 Å². The molecule has 0 radical (unpaired) electrons. The first kappa shape index (κ1) is 40.5. The van der Waals surface area contributed by atoms with E-state index in [1.165, 1.54) is 198 Å². The summed E-state index contributed by atoms with van der Waals surface area (Å²) in [6.07, 6.45) is 37.3. The second kappa shape index (κ2) is 30.9. The SMILES string of the molecule is CCCCCCCCCCCC[N+](CCCCCCCCCC)(CCCCCCCCCC)Cc1ccccc1.[Cl-]. The van der Waals surface area contributed by atoms with Crippen molar-refractivity contribution in [2.45, 2.75) is 194 Å². The third-order valence-electron chi connectivity index (χ3n) is 9.32. The van der Waals surface area contributed by atoms with E-state index in [4.69, 9.17) is 0 Å². The molecule has 1 aromatic rings. The summed E-state index contributed by atoms with van der Waals surface area (Å²) in [7, 11) is 0. The highest BCUT2D eigenvalue weighted by Gasteiger charge is 2.26. The zero-order chi connectivity index (χ0) is 28.8. The van der Waals surface area contributed by atoms with Crippen molar-refractivity contribution in [3.05, 3.63) is 35.9 Å². The number of halogens is 1. The van der Waals surface area contributed by atoms with Crippen molar-refractivity contribution in [2.75, 3.05) is 19.6 Å². The van der Waals surface area contributed by atoms with Gasteiger partial charge in [-0.15, -0.1) is 0 Å². The first-order chi connectivity index (χ1) is 19.8. The van der Waals surface area contributed by atoms with Crippen molar-refractivity contribution in [1.29, 1.82) is 0 Å². The van der Waals surface area contributed by atoms with Gasteiger partial charge in [-0.2, -0.15) is 0 Å². The number of benzene rings is 1. The summed E-state index contributed by atoms with van der Waals surface area (Å²) >= 11 is 0. The predicted molar refractivity (Wildman–Crippen MR) is 182 cm³/mol. The Hall–Kier alpha value is -0.530. The van der Waals surface area contributed by atoms with E-state index in [9.17, 15) is 0 Å². The van der Waals surface area contributed by atoms with Crippen LogP contribution in [0.25, 0.3) is 0 Å². The summed E-state index contributed by atoms with van der Waals surface area (Å²) < 4.78 is 1.35. The molecule has 1 rings (SSSR count). The lowest BCUT2D eigenvalue weighted by Crippen LogP contribution is -3.00. The Labute approximate surface area is 266 Å². The Bertz CT molecular complexity index is 595. The molecule has 0 bridgehead atoms. The molecule has 242 valence electrons. The zero-order valence-electron chi connectivity index (χ0n) is 28.4. The van der Waals surface area contributed by atoms with Crippen LogP contribution in [0.5, 0.6) is 0 Å². The van der Waals surface area contributed by atoms with E-state index in [1.54, 1.807) is 5.56 Å². The van der Waals surface area contributed by atoms with Crippen LogP contribution in [0, 0.1) is 0 Å². The number of hydrogen-bond donors (Lipinski definition) is 0. The third kappa shape index (κ3) is 24.6. The average Bonchev–Trinajstić information content (AvgIpc) is 2.97. The fraction of sp³-hybridized carbons (Fsp3) is 0.846. The van der Waals surface area contributed by atoms with Gasteiger partial charge in [-0.05, 0) is 38.5 Å². The van der Waals surface area contributed by atoms with E-state index in [0.29, 0.717) is 0 Å². The molecule has 0 aliphatic rings. The molecule has 0 aliphatic heterocycles. The van der Waals surface area contributed by atoms with Gasteiger partial charge in [0.1, 0.15) is 6.54 Å². The first-order valence-corrected chi connectivity index (χ1v) is 18.7. The number of hydrogen-bond acceptors (Lipinski definition) is 0. The molecule has 41 heavy (non-hydrogen) atoms. The van der Waals surface area contributed by atoms with Crippen molar-refractivity contribution in [2.24, 2.45) is 0 Å². The molecule has 1 aromatic carbocycles. The second-order valence-electron chi connectivity index (χ2n) is 13.3. The van der Waals surface area contributed by atoms with Gasteiger partial charge >= 0.3 is 0 Å². The van der Waals surface area contributed by atoms with E-state index in [1.807, 2.05) is 0 Å². The van der Waals surface area contributed by atoms with Crippen LogP contribution in [-0.2, 0) is 6.54 Å². The van der Waals surface area contributed by atoms with Gasteiger partial charge in [-0.25, -0.2) is 0 Å². The summed E-state index contributed by atoms with van der Waals surface area (Å²) in [6.45, 7) is 12.4. The Morgan fingerprint density at radius 1 is 0.366 bits per heavy atom. The topological polar surface area (TPSA) is 0 Å². The number of rotatable bonds is 31. The lowest BCUT2D eigenvalue weighted by Gasteiger charge is -2.39. The molecule has 0 aromatic heterocycles. The molecule has 0 saturated heterocycles. The largest absolute Gasteiger partial charge is 1.00 e. The molecule has 0 N–H and O–H groups in total. The minimum Gasteiger partial charge on any atom is -1.00 e. The standard InChI is InChI=1S/C39H74N.ClH/c1-4-7-10-13-16-19-20-23-26-32-37-40(38-39-33-28-27-29-34-39,35-30-24-21-17-14-11-8-5-2)36-31-25-22-18-15-12-9-6-3;/h27-29,33-34H,4-26,30-32,35-38H2,1-3H3;1H/q+1;/p-1. The van der Waals surface area contributed by atoms with Gasteiger partial charge in [0.25, 0.3) is 0 Å². The van der Waals surface area contributed by atoms with Gasteiger partial charge in [0.15, 0.2) is 0 Å². The van der Waals surface area contributed by atoms with Crippen LogP contribution in [0.4, 0.5) is 0 Å². The summed E-state index contributed by atoms with van der Waals surface area (Å²) in [5, 5.41) is 0. The Kier molecular flexibility index (Phi) is 30.5. The maximum absolute atomic E-state index is 2.40. The Balaban J connectivity index is 0.0000160. The quantitative estimate of drug-likeness (QED) is 0.0595. The van der Waals surface area contributed by atoms with Gasteiger partial charge in [0.2, 0.25) is 0 Å². The normalized spacial score (nSPS) is 11.6. The van der Waals surface area contributed by atoms with Crippen LogP contribution in [0.3, 0.4) is 0 Å². The second-order valence-corrected chi connectivity index (χ2v) is 13.3. The number of unbranched alkanes of at least 4 members (excludes halogenated alkanes) is 23. The molecule has 0 amide bonds. The van der Waals surface area contributed by atoms with E-state index in [2.05, 4.69) is 51.1 Å². The molecule has 0 unspecified atom stereocenters. The molecule has 0 spiro atoms. The average molecular weight is 592 g/mol. The van der Waals surface area contributed by atoms with Gasteiger partial charge in [-0.3, -0.25) is 0 Å². The predicted octanol–water partition coefficient (Wildman–Crippen LogP) is 10.2. The molecular weight excluding hydrogens is 518 g/mol. The van der Waals surface area contributed by atoms with Gasteiger partial charge in [0.05, 0.1) is 19.6 Å². The zero-order valence-corrected chi connectivity index (χ0v) is 29.2. The monoisotopic (exact) mass is 592 g/mol. The third-order valence-corrected chi connectivity index (χ3v) is 9.32. The molecule has 0 heterocycles. The first-order valence-electron chi connectivity index (χ1n) is 18.7. The van der Waals surface area contributed by atoms with Crippen LogP contribution >= 0.6 is 0 Å². The molecule has 2 heteroatoms. The molecule has 0 fully saturated rings. The summed E-state index contributed by atoms with van der Waals surface area (Å²) in [5.74, 6) is 0. The van der Waals surface area contributed by atoms with Gasteiger partial charge in [-0.1, -0.05) is 180 Å².